The van der Waals surface area contributed by atoms with Crippen LogP contribution in [0.4, 0.5) is 5.13 Å². The van der Waals surface area contributed by atoms with Crippen LogP contribution in [0.2, 0.25) is 0 Å². The lowest BCUT2D eigenvalue weighted by molar-refractivity contribution is 0.0391. The van der Waals surface area contributed by atoms with Gasteiger partial charge in [-0.05, 0) is 56.2 Å². The van der Waals surface area contributed by atoms with Gasteiger partial charge in [-0.3, -0.25) is 14.6 Å². The molecule has 0 atom stereocenters. The molecule has 3 heterocycles. The number of thiazole rings is 1. The van der Waals surface area contributed by atoms with Crippen molar-refractivity contribution in [2.45, 2.75) is 20.8 Å². The maximum absolute atomic E-state index is 13.9. The Morgan fingerprint density at radius 1 is 1.09 bits per heavy atom. The number of hydrogen-bond donors (Lipinski definition) is 0. The topological polar surface area (TPSA) is 63.5 Å². The molecule has 0 N–H and O–H groups in total. The summed E-state index contributed by atoms with van der Waals surface area (Å²) in [5.41, 5.74) is 5.72. The number of amides is 1. The molecule has 1 fully saturated rings. The van der Waals surface area contributed by atoms with Crippen molar-refractivity contribution < 1.29 is 9.53 Å². The van der Waals surface area contributed by atoms with Crippen molar-refractivity contribution in [2.24, 2.45) is 0 Å². The number of nitrogens with zero attached hydrogens (tertiary/aromatic N) is 5. The number of carbonyl (C=O) groups is 1. The number of rotatable bonds is 6. The highest BCUT2D eigenvalue weighted by atomic mass is 32.1. The Labute approximate surface area is 203 Å². The standard InChI is InChI=1S/C26H29N5O2S/c1-18-15-23-24(16-19(18)2)34-26(28-23)30(10-9-29-11-13-33-14-12-29)25(32)22-17-27-31(20(22)3)21-7-5-4-6-8-21/h4-8,15-17H,9-14H2,1-3H3. The number of ether oxygens (including phenoxy) is 1. The van der Waals surface area contributed by atoms with Gasteiger partial charge >= 0.3 is 0 Å². The van der Waals surface area contributed by atoms with Crippen LogP contribution in [0.3, 0.4) is 0 Å². The van der Waals surface area contributed by atoms with E-state index in [1.165, 1.54) is 11.1 Å². The Morgan fingerprint density at radius 2 is 1.82 bits per heavy atom. The van der Waals surface area contributed by atoms with Crippen molar-refractivity contribution >= 4 is 32.6 Å². The highest BCUT2D eigenvalue weighted by Gasteiger charge is 2.26. The van der Waals surface area contributed by atoms with Gasteiger partial charge in [0.2, 0.25) is 0 Å². The molecule has 1 amide bonds. The minimum absolute atomic E-state index is 0.0690. The van der Waals surface area contributed by atoms with Crippen molar-refractivity contribution in [1.82, 2.24) is 19.7 Å². The van der Waals surface area contributed by atoms with Crippen LogP contribution < -0.4 is 4.90 Å². The smallest absolute Gasteiger partial charge is 0.263 e. The summed E-state index contributed by atoms with van der Waals surface area (Å²) in [6, 6.07) is 14.2. The van der Waals surface area contributed by atoms with E-state index < -0.39 is 0 Å². The maximum atomic E-state index is 13.9. The number of hydrogen-bond acceptors (Lipinski definition) is 6. The van der Waals surface area contributed by atoms with E-state index in [1.807, 2.05) is 46.8 Å². The molecule has 0 unspecified atom stereocenters. The predicted octanol–water partition coefficient (Wildman–Crippen LogP) is 4.39. The van der Waals surface area contributed by atoms with E-state index in [-0.39, 0.29) is 5.91 Å². The Kier molecular flexibility index (Phi) is 6.45. The molecular weight excluding hydrogens is 446 g/mol. The second kappa shape index (κ2) is 9.66. The first-order chi connectivity index (χ1) is 16.5. The largest absolute Gasteiger partial charge is 0.379 e. The third-order valence-electron chi connectivity index (χ3n) is 6.45. The second-order valence-electron chi connectivity index (χ2n) is 8.70. The van der Waals surface area contributed by atoms with E-state index in [9.17, 15) is 4.79 Å². The van der Waals surface area contributed by atoms with E-state index in [1.54, 1.807) is 17.5 Å². The summed E-state index contributed by atoms with van der Waals surface area (Å²) >= 11 is 1.57. The van der Waals surface area contributed by atoms with Gasteiger partial charge in [-0.25, -0.2) is 9.67 Å². The molecular formula is C26H29N5O2S. The molecule has 5 rings (SSSR count). The fourth-order valence-electron chi connectivity index (χ4n) is 4.23. The molecule has 2 aromatic carbocycles. The Bertz CT molecular complexity index is 1270. The zero-order valence-electron chi connectivity index (χ0n) is 19.8. The van der Waals surface area contributed by atoms with Gasteiger partial charge in [0.05, 0.1) is 46.6 Å². The van der Waals surface area contributed by atoms with E-state index >= 15 is 0 Å². The molecule has 1 aliphatic rings. The molecule has 0 spiro atoms. The van der Waals surface area contributed by atoms with E-state index in [0.717, 1.165) is 59.6 Å². The monoisotopic (exact) mass is 475 g/mol. The Morgan fingerprint density at radius 3 is 2.59 bits per heavy atom. The molecule has 7 nitrogen and oxygen atoms in total. The van der Waals surface area contributed by atoms with Crippen LogP contribution in [-0.4, -0.2) is 65.0 Å². The maximum Gasteiger partial charge on any atom is 0.263 e. The summed E-state index contributed by atoms with van der Waals surface area (Å²) in [4.78, 5) is 22.9. The SMILES string of the molecule is Cc1cc2nc(N(CCN3CCOCC3)C(=O)c3cnn(-c4ccccc4)c3C)sc2cc1C. The van der Waals surface area contributed by atoms with Gasteiger partial charge in [0, 0.05) is 26.2 Å². The number of fused-ring (bicyclic) bond motifs is 1. The predicted molar refractivity (Wildman–Crippen MR) is 136 cm³/mol. The molecule has 1 aliphatic heterocycles. The van der Waals surface area contributed by atoms with Crippen LogP contribution in [0, 0.1) is 20.8 Å². The first-order valence-corrected chi connectivity index (χ1v) is 12.4. The first-order valence-electron chi connectivity index (χ1n) is 11.6. The summed E-state index contributed by atoms with van der Waals surface area (Å²) < 4.78 is 8.40. The summed E-state index contributed by atoms with van der Waals surface area (Å²) in [5, 5.41) is 5.25. The van der Waals surface area contributed by atoms with E-state index in [2.05, 4.69) is 36.0 Å². The van der Waals surface area contributed by atoms with Crippen molar-refractivity contribution in [3.8, 4) is 5.69 Å². The quantitative estimate of drug-likeness (QED) is 0.414. The number of aromatic nitrogens is 3. The zero-order chi connectivity index (χ0) is 23.7. The van der Waals surface area contributed by atoms with Crippen LogP contribution >= 0.6 is 11.3 Å². The first kappa shape index (κ1) is 22.7. The van der Waals surface area contributed by atoms with Crippen LogP contribution in [0.25, 0.3) is 15.9 Å². The van der Waals surface area contributed by atoms with Gasteiger partial charge in [-0.15, -0.1) is 0 Å². The molecule has 34 heavy (non-hydrogen) atoms. The van der Waals surface area contributed by atoms with Gasteiger partial charge < -0.3 is 4.74 Å². The van der Waals surface area contributed by atoms with Gasteiger partial charge in [0.25, 0.3) is 5.91 Å². The molecule has 0 aliphatic carbocycles. The van der Waals surface area contributed by atoms with Gasteiger partial charge in [-0.2, -0.15) is 5.10 Å². The third-order valence-corrected chi connectivity index (χ3v) is 7.49. The number of anilines is 1. The minimum Gasteiger partial charge on any atom is -0.379 e. The number of aryl methyl sites for hydroxylation is 2. The number of benzene rings is 2. The van der Waals surface area contributed by atoms with Gasteiger partial charge in [0.15, 0.2) is 5.13 Å². The van der Waals surface area contributed by atoms with Gasteiger partial charge in [0.1, 0.15) is 0 Å². The average Bonchev–Trinajstić information content (AvgIpc) is 3.43. The van der Waals surface area contributed by atoms with E-state index in [4.69, 9.17) is 9.72 Å². The number of carbonyl (C=O) groups excluding carboxylic acids is 1. The molecule has 0 radical (unpaired) electrons. The second-order valence-corrected chi connectivity index (χ2v) is 9.71. The van der Waals surface area contributed by atoms with Crippen molar-refractivity contribution in [2.75, 3.05) is 44.3 Å². The lowest BCUT2D eigenvalue weighted by Gasteiger charge is -2.29. The molecule has 2 aromatic heterocycles. The van der Waals surface area contributed by atoms with Crippen molar-refractivity contribution in [3.63, 3.8) is 0 Å². The molecule has 0 bridgehead atoms. The molecule has 0 saturated carbocycles. The lowest BCUT2D eigenvalue weighted by atomic mass is 10.1. The van der Waals surface area contributed by atoms with Crippen LogP contribution in [-0.2, 0) is 4.74 Å². The van der Waals surface area contributed by atoms with Crippen molar-refractivity contribution in [3.05, 3.63) is 71.0 Å². The fraction of sp³-hybridized carbons (Fsp3) is 0.346. The molecule has 1 saturated heterocycles. The zero-order valence-corrected chi connectivity index (χ0v) is 20.6. The van der Waals surface area contributed by atoms with Crippen LogP contribution in [0.5, 0.6) is 0 Å². The third kappa shape index (κ3) is 4.49. The molecule has 4 aromatic rings. The van der Waals surface area contributed by atoms with Crippen molar-refractivity contribution in [1.29, 1.82) is 0 Å². The highest BCUT2D eigenvalue weighted by molar-refractivity contribution is 7.22. The Hall–Kier alpha value is -3.07. The fourth-order valence-corrected chi connectivity index (χ4v) is 5.30. The average molecular weight is 476 g/mol. The molecule has 8 heteroatoms. The summed E-state index contributed by atoms with van der Waals surface area (Å²) in [5.74, 6) is -0.0690. The lowest BCUT2D eigenvalue weighted by Crippen LogP contribution is -2.43. The van der Waals surface area contributed by atoms with E-state index in [0.29, 0.717) is 12.1 Å². The Balaban J connectivity index is 1.49. The van der Waals surface area contributed by atoms with Crippen LogP contribution in [0.1, 0.15) is 27.2 Å². The molecule has 176 valence electrons. The summed E-state index contributed by atoms with van der Waals surface area (Å²) in [7, 11) is 0. The number of para-hydroxylation sites is 1. The number of morpholine rings is 1. The minimum atomic E-state index is -0.0690. The summed E-state index contributed by atoms with van der Waals surface area (Å²) in [6.07, 6.45) is 1.67. The summed E-state index contributed by atoms with van der Waals surface area (Å²) in [6.45, 7) is 10.7. The van der Waals surface area contributed by atoms with Crippen LogP contribution in [0.15, 0.2) is 48.7 Å². The normalized spacial score (nSPS) is 14.6. The van der Waals surface area contributed by atoms with Gasteiger partial charge in [-0.1, -0.05) is 29.5 Å². The highest BCUT2D eigenvalue weighted by Crippen LogP contribution is 2.32.